The zero-order valence-corrected chi connectivity index (χ0v) is 11.1. The molecule has 1 aliphatic rings. The molecule has 0 atom stereocenters. The number of benzene rings is 1. The molecule has 7 heteroatoms. The van der Waals surface area contributed by atoms with E-state index in [4.69, 9.17) is 9.98 Å². The molecule has 0 amide bonds. The summed E-state index contributed by atoms with van der Waals surface area (Å²) in [6.45, 7) is 0. The average Bonchev–Trinajstić information content (AvgIpc) is 2.98. The minimum absolute atomic E-state index is 0.0665. The molecule has 3 rings (SSSR count). The van der Waals surface area contributed by atoms with Gasteiger partial charge in [-0.2, -0.15) is 4.73 Å². The van der Waals surface area contributed by atoms with E-state index in [9.17, 15) is 8.42 Å². The molecule has 6 nitrogen and oxygen atoms in total. The van der Waals surface area contributed by atoms with Crippen LogP contribution < -0.4 is 9.98 Å². The molecule has 0 aliphatic heterocycles. The summed E-state index contributed by atoms with van der Waals surface area (Å²) in [5, 5.41) is 5.13. The number of fused-ring (bicyclic) bond motifs is 1. The molecule has 2 N–H and O–H groups in total. The van der Waals surface area contributed by atoms with Crippen molar-refractivity contribution in [1.29, 1.82) is 0 Å². The van der Waals surface area contributed by atoms with E-state index in [2.05, 4.69) is 4.98 Å². The Balaban J connectivity index is 2.00. The van der Waals surface area contributed by atoms with Gasteiger partial charge in [0.25, 0.3) is 0 Å². The largest absolute Gasteiger partial charge is 0.409 e. The van der Waals surface area contributed by atoms with E-state index in [-0.39, 0.29) is 11.0 Å². The van der Waals surface area contributed by atoms with Crippen molar-refractivity contribution in [3.05, 3.63) is 24.5 Å². The molecule has 1 fully saturated rings. The van der Waals surface area contributed by atoms with Gasteiger partial charge in [0.05, 0.1) is 10.4 Å². The van der Waals surface area contributed by atoms with Crippen molar-refractivity contribution in [1.82, 2.24) is 9.71 Å². The monoisotopic (exact) mass is 281 g/mol. The highest BCUT2D eigenvalue weighted by molar-refractivity contribution is 7.89. The van der Waals surface area contributed by atoms with E-state index < -0.39 is 10.0 Å². The van der Waals surface area contributed by atoms with Gasteiger partial charge in [0.2, 0.25) is 10.0 Å². The van der Waals surface area contributed by atoms with Gasteiger partial charge in [-0.1, -0.05) is 0 Å². The molecule has 0 radical (unpaired) electrons. The molecule has 102 valence electrons. The number of hydrogen-bond acceptors (Lipinski definition) is 4. The Morgan fingerprint density at radius 3 is 2.74 bits per heavy atom. The minimum atomic E-state index is -3.71. The van der Waals surface area contributed by atoms with Gasteiger partial charge in [0, 0.05) is 0 Å². The van der Waals surface area contributed by atoms with Crippen molar-refractivity contribution in [3.8, 4) is 0 Å². The van der Waals surface area contributed by atoms with Gasteiger partial charge in [-0.25, -0.2) is 18.5 Å². The first-order valence-corrected chi connectivity index (χ1v) is 7.76. The van der Waals surface area contributed by atoms with E-state index in [1.54, 1.807) is 17.1 Å². The van der Waals surface area contributed by atoms with Crippen molar-refractivity contribution >= 4 is 21.1 Å². The fourth-order valence-corrected chi connectivity index (χ4v) is 2.91. The van der Waals surface area contributed by atoms with Crippen LogP contribution in [0.3, 0.4) is 0 Å². The number of sulfonamides is 1. The third-order valence-electron chi connectivity index (χ3n) is 3.38. The van der Waals surface area contributed by atoms with Crippen molar-refractivity contribution < 1.29 is 13.3 Å². The Labute approximate surface area is 111 Å². The lowest BCUT2D eigenvalue weighted by atomic mass is 10.3. The fourth-order valence-electron chi connectivity index (χ4n) is 2.38. The topological polar surface area (TPSA) is 87.2 Å². The minimum Gasteiger partial charge on any atom is -0.409 e. The summed E-state index contributed by atoms with van der Waals surface area (Å²) >= 11 is 0. The number of rotatable bonds is 3. The molecule has 1 saturated carbocycles. The van der Waals surface area contributed by atoms with Crippen molar-refractivity contribution in [2.75, 3.05) is 0 Å². The second-order valence-electron chi connectivity index (χ2n) is 4.78. The van der Waals surface area contributed by atoms with Gasteiger partial charge in [0.15, 0.2) is 0 Å². The van der Waals surface area contributed by atoms with E-state index in [0.29, 0.717) is 11.0 Å². The van der Waals surface area contributed by atoms with Gasteiger partial charge >= 0.3 is 0 Å². The molecular weight excluding hydrogens is 266 g/mol. The maximum atomic E-state index is 11.4. The molecule has 1 heterocycles. The second kappa shape index (κ2) is 4.50. The summed E-state index contributed by atoms with van der Waals surface area (Å²) in [6.07, 6.45) is 6.12. The van der Waals surface area contributed by atoms with E-state index >= 15 is 0 Å². The maximum Gasteiger partial charge on any atom is 0.238 e. The van der Waals surface area contributed by atoms with Gasteiger partial charge < -0.3 is 4.84 Å². The van der Waals surface area contributed by atoms with Crippen LogP contribution in [0.1, 0.15) is 25.7 Å². The highest BCUT2D eigenvalue weighted by Gasteiger charge is 2.18. The molecule has 1 aromatic heterocycles. The van der Waals surface area contributed by atoms with Crippen LogP contribution in [0.5, 0.6) is 0 Å². The number of primary sulfonamides is 1. The fraction of sp³-hybridized carbons (Fsp3) is 0.417. The lowest BCUT2D eigenvalue weighted by molar-refractivity contribution is 0.0485. The Bertz CT molecular complexity index is 702. The van der Waals surface area contributed by atoms with Crippen LogP contribution >= 0.6 is 0 Å². The highest BCUT2D eigenvalue weighted by Crippen LogP contribution is 2.21. The highest BCUT2D eigenvalue weighted by atomic mass is 32.2. The zero-order valence-electron chi connectivity index (χ0n) is 10.3. The number of aromatic nitrogens is 2. The van der Waals surface area contributed by atoms with Gasteiger partial charge in [0.1, 0.15) is 17.9 Å². The number of imidazole rings is 1. The van der Waals surface area contributed by atoms with Crippen molar-refractivity contribution in [3.63, 3.8) is 0 Å². The predicted molar refractivity (Wildman–Crippen MR) is 69.9 cm³/mol. The van der Waals surface area contributed by atoms with E-state index in [1.807, 2.05) is 0 Å². The first kappa shape index (κ1) is 12.4. The second-order valence-corrected chi connectivity index (χ2v) is 6.34. The Hall–Kier alpha value is -1.60. The summed E-state index contributed by atoms with van der Waals surface area (Å²) in [7, 11) is -3.71. The van der Waals surface area contributed by atoms with Gasteiger partial charge in [-0.05, 0) is 43.9 Å². The zero-order chi connectivity index (χ0) is 13.5. The average molecular weight is 281 g/mol. The summed E-state index contributed by atoms with van der Waals surface area (Å²) in [5.41, 5.74) is 1.31. The molecule has 19 heavy (non-hydrogen) atoms. The maximum absolute atomic E-state index is 11.4. The van der Waals surface area contributed by atoms with Crippen LogP contribution in [0.25, 0.3) is 11.0 Å². The van der Waals surface area contributed by atoms with Crippen molar-refractivity contribution in [2.45, 2.75) is 36.7 Å². The third kappa shape index (κ3) is 2.43. The molecule has 2 aromatic rings. The molecule has 1 aliphatic carbocycles. The van der Waals surface area contributed by atoms with Gasteiger partial charge in [-0.15, -0.1) is 0 Å². The van der Waals surface area contributed by atoms with Gasteiger partial charge in [-0.3, -0.25) is 0 Å². The lowest BCUT2D eigenvalue weighted by Gasteiger charge is -2.13. The molecule has 0 spiro atoms. The van der Waals surface area contributed by atoms with Crippen LogP contribution in [-0.4, -0.2) is 24.2 Å². The SMILES string of the molecule is NS(=O)(=O)c1ccc2ncn(OC3CCCC3)c2c1. The summed E-state index contributed by atoms with van der Waals surface area (Å²) in [4.78, 5) is 10.1. The standard InChI is InChI=1S/C12H15N3O3S/c13-19(16,17)10-5-6-11-12(7-10)15(8-14-11)18-9-3-1-2-4-9/h5-9H,1-4H2,(H2,13,16,17). The number of nitrogens with two attached hydrogens (primary N) is 1. The Kier molecular flexibility index (Phi) is 2.94. The quantitative estimate of drug-likeness (QED) is 0.911. The molecule has 0 bridgehead atoms. The molecule has 0 saturated heterocycles. The Morgan fingerprint density at radius 2 is 2.05 bits per heavy atom. The molecule has 0 unspecified atom stereocenters. The normalized spacial score (nSPS) is 17.1. The predicted octanol–water partition coefficient (Wildman–Crippen LogP) is 1.05. The lowest BCUT2D eigenvalue weighted by Crippen LogP contribution is -2.21. The van der Waals surface area contributed by atoms with Crippen LogP contribution in [0.2, 0.25) is 0 Å². The van der Waals surface area contributed by atoms with Crippen LogP contribution in [0.15, 0.2) is 29.4 Å². The van der Waals surface area contributed by atoms with Crippen LogP contribution in [0.4, 0.5) is 0 Å². The van der Waals surface area contributed by atoms with Crippen molar-refractivity contribution in [2.24, 2.45) is 5.14 Å². The van der Waals surface area contributed by atoms with Crippen LogP contribution in [-0.2, 0) is 10.0 Å². The first-order valence-electron chi connectivity index (χ1n) is 6.21. The first-order chi connectivity index (χ1) is 9.04. The molecular formula is C12H15N3O3S. The summed E-state index contributed by atoms with van der Waals surface area (Å²) in [6, 6.07) is 4.57. The smallest absolute Gasteiger partial charge is 0.238 e. The van der Waals surface area contributed by atoms with E-state index in [1.165, 1.54) is 25.0 Å². The number of hydrogen-bond donors (Lipinski definition) is 1. The summed E-state index contributed by atoms with van der Waals surface area (Å²) in [5.74, 6) is 0. The Morgan fingerprint density at radius 1 is 1.32 bits per heavy atom. The third-order valence-corrected chi connectivity index (χ3v) is 4.29. The van der Waals surface area contributed by atoms with Crippen LogP contribution in [0, 0.1) is 0 Å². The molecule has 1 aromatic carbocycles. The number of nitrogens with zero attached hydrogens (tertiary/aromatic N) is 2. The summed E-state index contributed by atoms with van der Waals surface area (Å²) < 4.78 is 24.3. The van der Waals surface area contributed by atoms with E-state index in [0.717, 1.165) is 12.8 Å².